The Hall–Kier alpha value is -2.28. The number of aromatic nitrogens is 4. The molecule has 1 atom stereocenters. The van der Waals surface area contributed by atoms with Crippen molar-refractivity contribution in [3.8, 4) is 0 Å². The minimum Gasteiger partial charge on any atom is -0.355 e. The number of carbonyl (C=O) groups is 1. The van der Waals surface area contributed by atoms with Crippen molar-refractivity contribution in [1.82, 2.24) is 30.4 Å². The molecule has 7 heteroatoms. The molecule has 0 saturated carbocycles. The van der Waals surface area contributed by atoms with Crippen molar-refractivity contribution in [1.29, 1.82) is 0 Å². The fourth-order valence-electron chi connectivity index (χ4n) is 3.28. The average Bonchev–Trinajstić information content (AvgIpc) is 3.25. The Labute approximate surface area is 142 Å². The topological polar surface area (TPSA) is 75.9 Å². The fraction of sp³-hybridized carbons (Fsp3) is 0.529. The Morgan fingerprint density at radius 3 is 3.00 bits per heavy atom. The number of carbonyl (C=O) groups excluding carboxylic acids is 1. The quantitative estimate of drug-likeness (QED) is 0.820. The molecule has 24 heavy (non-hydrogen) atoms. The van der Waals surface area contributed by atoms with E-state index in [4.69, 9.17) is 0 Å². The maximum atomic E-state index is 11.8. The van der Waals surface area contributed by atoms with Gasteiger partial charge in [0.25, 0.3) is 0 Å². The van der Waals surface area contributed by atoms with Crippen LogP contribution in [-0.2, 0) is 11.3 Å². The molecule has 1 amide bonds. The molecule has 0 bridgehead atoms. The van der Waals surface area contributed by atoms with Gasteiger partial charge in [0.05, 0.1) is 6.54 Å². The molecule has 128 valence electrons. The van der Waals surface area contributed by atoms with Gasteiger partial charge in [0.15, 0.2) is 0 Å². The fourth-order valence-corrected chi connectivity index (χ4v) is 3.28. The molecule has 1 N–H and O–H groups in total. The molecule has 1 saturated heterocycles. The van der Waals surface area contributed by atoms with Crippen LogP contribution in [0.3, 0.4) is 0 Å². The number of likely N-dealkylation sites (tertiary alicyclic amines) is 1. The van der Waals surface area contributed by atoms with Crippen molar-refractivity contribution >= 4 is 5.91 Å². The predicted octanol–water partition coefficient (Wildman–Crippen LogP) is 0.977. The highest BCUT2D eigenvalue weighted by molar-refractivity contribution is 5.75. The number of tetrazole rings is 1. The lowest BCUT2D eigenvalue weighted by Gasteiger charge is -2.17. The Bertz CT molecular complexity index is 657. The summed E-state index contributed by atoms with van der Waals surface area (Å²) in [5.74, 6) is 0.655. The van der Waals surface area contributed by atoms with Crippen molar-refractivity contribution in [2.24, 2.45) is 0 Å². The highest BCUT2D eigenvalue weighted by atomic mass is 16.1. The van der Waals surface area contributed by atoms with E-state index >= 15 is 0 Å². The zero-order chi connectivity index (χ0) is 16.8. The van der Waals surface area contributed by atoms with E-state index in [-0.39, 0.29) is 5.91 Å². The molecule has 1 fully saturated rings. The number of rotatable bonds is 7. The summed E-state index contributed by atoms with van der Waals surface area (Å²) in [7, 11) is 0. The molecule has 1 aliphatic rings. The molecule has 0 aliphatic carbocycles. The summed E-state index contributed by atoms with van der Waals surface area (Å²) in [6.45, 7) is 6.46. The van der Waals surface area contributed by atoms with E-state index < -0.39 is 0 Å². The average molecular weight is 328 g/mol. The molecule has 1 aromatic carbocycles. The first-order chi connectivity index (χ1) is 11.7. The largest absolute Gasteiger partial charge is 0.355 e. The van der Waals surface area contributed by atoms with Crippen molar-refractivity contribution in [3.05, 3.63) is 41.7 Å². The predicted molar refractivity (Wildman–Crippen MR) is 90.4 cm³/mol. The van der Waals surface area contributed by atoms with Crippen molar-refractivity contribution < 1.29 is 4.79 Å². The standard InChI is InChI=1S/C17H24N6O/c1-14-4-2-3-5-16(14)15-6-9-22(12-15)11-8-18-17(24)7-10-23-13-19-20-21-23/h2-5,13,15H,6-12H2,1H3,(H,18,24)/t15-/m1/s1. The van der Waals surface area contributed by atoms with E-state index in [1.54, 1.807) is 4.68 Å². The Kier molecular flexibility index (Phi) is 5.53. The highest BCUT2D eigenvalue weighted by Gasteiger charge is 2.24. The molecular formula is C17H24N6O. The first-order valence-electron chi connectivity index (χ1n) is 8.48. The highest BCUT2D eigenvalue weighted by Crippen LogP contribution is 2.28. The van der Waals surface area contributed by atoms with E-state index in [2.05, 4.69) is 56.9 Å². The van der Waals surface area contributed by atoms with Gasteiger partial charge in [0, 0.05) is 26.1 Å². The third kappa shape index (κ3) is 4.38. The van der Waals surface area contributed by atoms with Crippen molar-refractivity contribution in [2.75, 3.05) is 26.2 Å². The van der Waals surface area contributed by atoms with Crippen molar-refractivity contribution in [2.45, 2.75) is 32.2 Å². The van der Waals surface area contributed by atoms with Crippen LogP contribution >= 0.6 is 0 Å². The van der Waals surface area contributed by atoms with E-state index in [1.165, 1.54) is 23.9 Å². The zero-order valence-corrected chi connectivity index (χ0v) is 14.1. The van der Waals surface area contributed by atoms with Gasteiger partial charge in [-0.3, -0.25) is 4.79 Å². The number of nitrogens with one attached hydrogen (secondary N) is 1. The van der Waals surface area contributed by atoms with Crippen molar-refractivity contribution in [3.63, 3.8) is 0 Å². The van der Waals surface area contributed by atoms with E-state index in [9.17, 15) is 4.79 Å². The number of aryl methyl sites for hydroxylation is 2. The second-order valence-corrected chi connectivity index (χ2v) is 6.32. The summed E-state index contributed by atoms with van der Waals surface area (Å²) in [6, 6.07) is 8.64. The lowest BCUT2D eigenvalue weighted by Crippen LogP contribution is -2.34. The molecule has 0 radical (unpaired) electrons. The van der Waals surface area contributed by atoms with Crippen LogP contribution in [0.25, 0.3) is 0 Å². The minimum atomic E-state index is 0.0418. The molecule has 3 rings (SSSR count). The molecule has 0 spiro atoms. The summed E-state index contributed by atoms with van der Waals surface area (Å²) in [5.41, 5.74) is 2.84. The SMILES string of the molecule is Cc1ccccc1[C@@H]1CCN(CCNC(=O)CCn2cnnn2)C1. The molecular weight excluding hydrogens is 304 g/mol. The second-order valence-electron chi connectivity index (χ2n) is 6.32. The summed E-state index contributed by atoms with van der Waals surface area (Å²) >= 11 is 0. The zero-order valence-electron chi connectivity index (χ0n) is 14.1. The van der Waals surface area contributed by atoms with Gasteiger partial charge >= 0.3 is 0 Å². The maximum absolute atomic E-state index is 11.8. The third-order valence-electron chi connectivity index (χ3n) is 4.61. The Morgan fingerprint density at radius 1 is 1.33 bits per heavy atom. The molecule has 0 unspecified atom stereocenters. The van der Waals surface area contributed by atoms with E-state index in [1.807, 2.05) is 0 Å². The Morgan fingerprint density at radius 2 is 2.21 bits per heavy atom. The number of hydrogen-bond donors (Lipinski definition) is 1. The Balaban J connectivity index is 1.36. The molecule has 1 aromatic heterocycles. The van der Waals surface area contributed by atoms with Gasteiger partial charge in [-0.2, -0.15) is 0 Å². The van der Waals surface area contributed by atoms with Crippen LogP contribution in [0.15, 0.2) is 30.6 Å². The lowest BCUT2D eigenvalue weighted by molar-refractivity contribution is -0.121. The van der Waals surface area contributed by atoms with Crippen LogP contribution in [0.2, 0.25) is 0 Å². The summed E-state index contributed by atoms with van der Waals surface area (Å²) < 4.78 is 1.56. The lowest BCUT2D eigenvalue weighted by atomic mass is 9.94. The van der Waals surface area contributed by atoms with Crippen LogP contribution in [0.1, 0.15) is 29.9 Å². The van der Waals surface area contributed by atoms with E-state index in [0.29, 0.717) is 25.4 Å². The number of amides is 1. The van der Waals surface area contributed by atoms with Gasteiger partial charge in [-0.05, 0) is 47.4 Å². The van der Waals surface area contributed by atoms with Gasteiger partial charge in [0.1, 0.15) is 6.33 Å². The summed E-state index contributed by atoms with van der Waals surface area (Å²) in [4.78, 5) is 14.3. The van der Waals surface area contributed by atoms with Crippen LogP contribution in [0, 0.1) is 6.92 Å². The van der Waals surface area contributed by atoms with Gasteiger partial charge in [-0.1, -0.05) is 24.3 Å². The van der Waals surface area contributed by atoms with Crippen LogP contribution < -0.4 is 5.32 Å². The minimum absolute atomic E-state index is 0.0418. The number of benzene rings is 1. The smallest absolute Gasteiger partial charge is 0.221 e. The maximum Gasteiger partial charge on any atom is 0.221 e. The van der Waals surface area contributed by atoms with Gasteiger partial charge in [0.2, 0.25) is 5.91 Å². The van der Waals surface area contributed by atoms with Gasteiger partial charge in [-0.15, -0.1) is 5.10 Å². The van der Waals surface area contributed by atoms with Crippen LogP contribution in [-0.4, -0.2) is 57.2 Å². The first-order valence-corrected chi connectivity index (χ1v) is 8.48. The van der Waals surface area contributed by atoms with Gasteiger partial charge < -0.3 is 10.2 Å². The number of hydrogen-bond acceptors (Lipinski definition) is 5. The first kappa shape index (κ1) is 16.6. The second kappa shape index (κ2) is 8.01. The normalized spacial score (nSPS) is 18.0. The molecule has 2 aromatic rings. The van der Waals surface area contributed by atoms with E-state index in [0.717, 1.165) is 19.6 Å². The summed E-state index contributed by atoms with van der Waals surface area (Å²) in [5, 5.41) is 13.8. The van der Waals surface area contributed by atoms with Gasteiger partial charge in [-0.25, -0.2) is 4.68 Å². The van der Waals surface area contributed by atoms with Crippen LogP contribution in [0.4, 0.5) is 0 Å². The monoisotopic (exact) mass is 328 g/mol. The molecule has 2 heterocycles. The molecule has 1 aliphatic heterocycles. The van der Waals surface area contributed by atoms with Crippen LogP contribution in [0.5, 0.6) is 0 Å². The summed E-state index contributed by atoms with van der Waals surface area (Å²) in [6.07, 6.45) is 3.11. The number of nitrogens with zero attached hydrogens (tertiary/aromatic N) is 5. The third-order valence-corrected chi connectivity index (χ3v) is 4.61. The molecule has 7 nitrogen and oxygen atoms in total.